The summed E-state index contributed by atoms with van der Waals surface area (Å²) in [6.45, 7) is 0.0421. The highest BCUT2D eigenvalue weighted by molar-refractivity contribution is 5.74. The molecule has 10 heavy (non-hydrogen) atoms. The molecule has 0 heterocycles. The average Bonchev–Trinajstić information content (AvgIpc) is 2.70. The Morgan fingerprint density at radius 2 is 2.30 bits per heavy atom. The van der Waals surface area contributed by atoms with Crippen LogP contribution in [0, 0.1) is 0 Å². The third-order valence-electron chi connectivity index (χ3n) is 1.76. The largest absolute Gasteiger partial charge is 0.394 e. The van der Waals surface area contributed by atoms with Crippen molar-refractivity contribution in [1.82, 2.24) is 10.6 Å². The van der Waals surface area contributed by atoms with Crippen LogP contribution in [0.25, 0.3) is 0 Å². The number of hydrogen-bond acceptors (Lipinski definition) is 2. The highest BCUT2D eigenvalue weighted by Crippen LogP contribution is 2.34. The molecule has 1 saturated carbocycles. The summed E-state index contributed by atoms with van der Waals surface area (Å²) < 4.78 is 0. The van der Waals surface area contributed by atoms with Gasteiger partial charge >= 0.3 is 6.03 Å². The molecule has 1 rings (SSSR count). The van der Waals surface area contributed by atoms with Gasteiger partial charge in [0.05, 0.1) is 12.1 Å². The number of amides is 2. The van der Waals surface area contributed by atoms with Gasteiger partial charge in [-0.25, -0.2) is 4.79 Å². The average molecular weight is 144 g/mol. The fraction of sp³-hybridized carbons (Fsp3) is 0.833. The first kappa shape index (κ1) is 7.34. The summed E-state index contributed by atoms with van der Waals surface area (Å²) in [5.74, 6) is 0. The monoisotopic (exact) mass is 144 g/mol. The maximum atomic E-state index is 10.7. The van der Waals surface area contributed by atoms with Gasteiger partial charge in [0.25, 0.3) is 0 Å². The van der Waals surface area contributed by atoms with Gasteiger partial charge in [0.1, 0.15) is 0 Å². The Labute approximate surface area is 59.6 Å². The molecule has 0 aromatic heterocycles. The van der Waals surface area contributed by atoms with E-state index in [4.69, 9.17) is 5.11 Å². The minimum Gasteiger partial charge on any atom is -0.394 e. The van der Waals surface area contributed by atoms with Crippen molar-refractivity contribution in [2.45, 2.75) is 18.4 Å². The van der Waals surface area contributed by atoms with E-state index in [0.717, 1.165) is 12.8 Å². The molecular formula is C6H12N2O2. The Morgan fingerprint density at radius 1 is 1.70 bits per heavy atom. The summed E-state index contributed by atoms with van der Waals surface area (Å²) in [7, 11) is 1.56. The van der Waals surface area contributed by atoms with E-state index < -0.39 is 0 Å². The highest BCUT2D eigenvalue weighted by atomic mass is 16.3. The molecule has 0 spiro atoms. The SMILES string of the molecule is CNC(=O)NC1(CO)CC1. The molecule has 58 valence electrons. The van der Waals surface area contributed by atoms with Gasteiger partial charge in [-0.3, -0.25) is 0 Å². The van der Waals surface area contributed by atoms with Gasteiger partial charge in [0.2, 0.25) is 0 Å². The molecule has 0 saturated heterocycles. The topological polar surface area (TPSA) is 61.4 Å². The normalized spacial score (nSPS) is 19.8. The van der Waals surface area contributed by atoms with Crippen LogP contribution in [-0.4, -0.2) is 30.3 Å². The number of aliphatic hydroxyl groups excluding tert-OH is 1. The van der Waals surface area contributed by atoms with Crippen LogP contribution in [-0.2, 0) is 0 Å². The molecule has 0 radical (unpaired) electrons. The summed E-state index contributed by atoms with van der Waals surface area (Å²) in [4.78, 5) is 10.7. The van der Waals surface area contributed by atoms with Crippen molar-refractivity contribution in [3.05, 3.63) is 0 Å². The van der Waals surface area contributed by atoms with Crippen molar-refractivity contribution < 1.29 is 9.90 Å². The van der Waals surface area contributed by atoms with Gasteiger partial charge in [-0.15, -0.1) is 0 Å². The zero-order valence-corrected chi connectivity index (χ0v) is 5.98. The Morgan fingerprint density at radius 3 is 2.60 bits per heavy atom. The molecule has 2 amide bonds. The van der Waals surface area contributed by atoms with Crippen molar-refractivity contribution in [2.75, 3.05) is 13.7 Å². The first-order chi connectivity index (χ1) is 4.72. The molecule has 1 aliphatic carbocycles. The number of carbonyl (C=O) groups excluding carboxylic acids is 1. The van der Waals surface area contributed by atoms with Crippen LogP contribution < -0.4 is 10.6 Å². The first-order valence-corrected chi connectivity index (χ1v) is 3.33. The van der Waals surface area contributed by atoms with E-state index >= 15 is 0 Å². The summed E-state index contributed by atoms with van der Waals surface area (Å²) in [5.41, 5.74) is -0.292. The maximum Gasteiger partial charge on any atom is 0.315 e. The van der Waals surface area contributed by atoms with E-state index in [1.165, 1.54) is 0 Å². The number of aliphatic hydroxyl groups is 1. The molecule has 4 heteroatoms. The lowest BCUT2D eigenvalue weighted by atomic mass is 10.3. The van der Waals surface area contributed by atoms with Crippen molar-refractivity contribution in [3.8, 4) is 0 Å². The molecular weight excluding hydrogens is 132 g/mol. The van der Waals surface area contributed by atoms with E-state index in [9.17, 15) is 4.79 Å². The lowest BCUT2D eigenvalue weighted by Gasteiger charge is -2.12. The third-order valence-corrected chi connectivity index (χ3v) is 1.76. The van der Waals surface area contributed by atoms with Gasteiger partial charge in [-0.1, -0.05) is 0 Å². The standard InChI is InChI=1S/C6H12N2O2/c1-7-5(10)8-6(4-9)2-3-6/h9H,2-4H2,1H3,(H2,7,8,10). The van der Waals surface area contributed by atoms with Gasteiger partial charge in [-0.05, 0) is 12.8 Å². The Bertz CT molecular complexity index is 143. The van der Waals surface area contributed by atoms with Crippen LogP contribution in [0.2, 0.25) is 0 Å². The van der Waals surface area contributed by atoms with E-state index in [0.29, 0.717) is 0 Å². The second kappa shape index (κ2) is 2.46. The number of hydrogen-bond donors (Lipinski definition) is 3. The lowest BCUT2D eigenvalue weighted by molar-refractivity contribution is 0.211. The van der Waals surface area contributed by atoms with Gasteiger partial charge in [-0.2, -0.15) is 0 Å². The van der Waals surface area contributed by atoms with E-state index in [-0.39, 0.29) is 18.2 Å². The second-order valence-corrected chi connectivity index (χ2v) is 2.64. The van der Waals surface area contributed by atoms with E-state index in [1.807, 2.05) is 0 Å². The Kier molecular flexibility index (Phi) is 1.80. The minimum absolute atomic E-state index is 0.0421. The van der Waals surface area contributed by atoms with Crippen LogP contribution in [0.4, 0.5) is 4.79 Å². The Balaban J connectivity index is 2.30. The number of rotatable bonds is 2. The second-order valence-electron chi connectivity index (χ2n) is 2.64. The molecule has 1 fully saturated rings. The molecule has 0 aromatic carbocycles. The molecule has 3 N–H and O–H groups in total. The quantitative estimate of drug-likeness (QED) is 0.486. The summed E-state index contributed by atoms with van der Waals surface area (Å²) in [6.07, 6.45) is 1.77. The maximum absolute atomic E-state index is 10.7. The first-order valence-electron chi connectivity index (χ1n) is 3.33. The fourth-order valence-corrected chi connectivity index (χ4v) is 0.777. The zero-order chi connectivity index (χ0) is 7.61. The molecule has 0 unspecified atom stereocenters. The van der Waals surface area contributed by atoms with Crippen LogP contribution in [0.5, 0.6) is 0 Å². The van der Waals surface area contributed by atoms with Crippen LogP contribution in [0.15, 0.2) is 0 Å². The zero-order valence-electron chi connectivity index (χ0n) is 5.98. The summed E-state index contributed by atoms with van der Waals surface area (Å²) >= 11 is 0. The predicted octanol–water partition coefficient (Wildman–Crippen LogP) is -0.560. The minimum atomic E-state index is -0.292. The van der Waals surface area contributed by atoms with Gasteiger partial charge < -0.3 is 15.7 Å². The molecule has 1 aliphatic rings. The smallest absolute Gasteiger partial charge is 0.315 e. The highest BCUT2D eigenvalue weighted by Gasteiger charge is 2.43. The van der Waals surface area contributed by atoms with E-state index in [2.05, 4.69) is 10.6 Å². The van der Waals surface area contributed by atoms with Gasteiger partial charge in [0.15, 0.2) is 0 Å². The van der Waals surface area contributed by atoms with Crippen LogP contribution >= 0.6 is 0 Å². The molecule has 4 nitrogen and oxygen atoms in total. The molecule has 0 bridgehead atoms. The summed E-state index contributed by atoms with van der Waals surface area (Å²) in [6, 6.07) is -0.216. The number of urea groups is 1. The van der Waals surface area contributed by atoms with Gasteiger partial charge in [0, 0.05) is 7.05 Å². The lowest BCUT2D eigenvalue weighted by Crippen LogP contribution is -2.44. The van der Waals surface area contributed by atoms with Crippen molar-refractivity contribution in [3.63, 3.8) is 0 Å². The van der Waals surface area contributed by atoms with Crippen molar-refractivity contribution >= 4 is 6.03 Å². The predicted molar refractivity (Wildman–Crippen MR) is 36.6 cm³/mol. The molecule has 0 aromatic rings. The molecule has 0 atom stereocenters. The Hall–Kier alpha value is -0.770. The third kappa shape index (κ3) is 1.39. The van der Waals surface area contributed by atoms with Crippen molar-refractivity contribution in [1.29, 1.82) is 0 Å². The van der Waals surface area contributed by atoms with E-state index in [1.54, 1.807) is 7.05 Å². The van der Waals surface area contributed by atoms with Crippen molar-refractivity contribution in [2.24, 2.45) is 0 Å². The van der Waals surface area contributed by atoms with Crippen LogP contribution in [0.1, 0.15) is 12.8 Å². The summed E-state index contributed by atoms with van der Waals surface area (Å²) in [5, 5.41) is 13.9. The number of nitrogens with one attached hydrogen (secondary N) is 2. The number of carbonyl (C=O) groups is 1. The fourth-order valence-electron chi connectivity index (χ4n) is 0.777. The molecule has 0 aliphatic heterocycles. The van der Waals surface area contributed by atoms with Crippen LogP contribution in [0.3, 0.4) is 0 Å².